The molecule has 162 valence electrons. The molecule has 0 aromatic heterocycles. The first kappa shape index (κ1) is 22.5. The zero-order chi connectivity index (χ0) is 22.1. The molecule has 0 bridgehead atoms. The zero-order valence-corrected chi connectivity index (χ0v) is 19.1. The molecule has 0 radical (unpaired) electrons. The molecule has 6 nitrogen and oxygen atoms in total. The van der Waals surface area contributed by atoms with Crippen molar-refractivity contribution in [2.45, 2.75) is 38.0 Å². The van der Waals surface area contributed by atoms with Crippen LogP contribution in [0.15, 0.2) is 48.5 Å². The van der Waals surface area contributed by atoms with E-state index in [9.17, 15) is 13.2 Å². The van der Waals surface area contributed by atoms with E-state index in [2.05, 4.69) is 33.9 Å². The summed E-state index contributed by atoms with van der Waals surface area (Å²) < 4.78 is 27.7. The number of likely N-dealkylation sites (N-methyl/N-ethyl adjacent to an activating group) is 1. The Kier molecular flexibility index (Phi) is 6.65. The number of hydrogen-bond acceptors (Lipinski definition) is 4. The number of rotatable bonds is 6. The second kappa shape index (κ2) is 8.88. The number of hydrogen-bond donors (Lipinski definition) is 1. The van der Waals surface area contributed by atoms with Crippen LogP contribution in [-0.2, 0) is 14.8 Å². The molecular weight excluding hydrogens is 398 g/mol. The molecule has 2 aromatic carbocycles. The van der Waals surface area contributed by atoms with Crippen LogP contribution in [0.4, 0.5) is 5.69 Å². The molecule has 1 amide bonds. The van der Waals surface area contributed by atoms with Crippen LogP contribution in [0.1, 0.15) is 32.3 Å². The molecule has 1 saturated heterocycles. The average Bonchev–Trinajstić information content (AvgIpc) is 3.06. The van der Waals surface area contributed by atoms with Crippen molar-refractivity contribution < 1.29 is 13.2 Å². The van der Waals surface area contributed by atoms with Gasteiger partial charge in [0.05, 0.1) is 5.25 Å². The van der Waals surface area contributed by atoms with Gasteiger partial charge in [0.25, 0.3) is 0 Å². The quantitative estimate of drug-likeness (QED) is 0.766. The number of nitrogens with zero attached hydrogens (tertiary/aromatic N) is 2. The number of anilines is 1. The predicted molar refractivity (Wildman–Crippen MR) is 122 cm³/mol. The van der Waals surface area contributed by atoms with Gasteiger partial charge in [-0.25, -0.2) is 13.1 Å². The minimum Gasteiger partial charge on any atom is -0.316 e. The predicted octanol–water partition coefficient (Wildman–Crippen LogP) is 3.06. The fraction of sp³-hybridized carbons (Fsp3) is 0.435. The zero-order valence-electron chi connectivity index (χ0n) is 18.3. The average molecular weight is 430 g/mol. The van der Waals surface area contributed by atoms with Crippen molar-refractivity contribution in [2.75, 3.05) is 32.1 Å². The first-order valence-electron chi connectivity index (χ1n) is 10.2. The second-order valence-corrected chi connectivity index (χ2v) is 10.7. The van der Waals surface area contributed by atoms with Crippen LogP contribution in [0.2, 0.25) is 0 Å². The fourth-order valence-corrected chi connectivity index (χ4v) is 4.74. The van der Waals surface area contributed by atoms with Gasteiger partial charge in [0.1, 0.15) is 0 Å². The highest BCUT2D eigenvalue weighted by atomic mass is 32.2. The molecule has 1 heterocycles. The molecule has 0 aliphatic carbocycles. The summed E-state index contributed by atoms with van der Waals surface area (Å²) in [6, 6.07) is 16.0. The summed E-state index contributed by atoms with van der Waals surface area (Å²) in [5.74, 6) is 0.0931. The summed E-state index contributed by atoms with van der Waals surface area (Å²) in [5.41, 5.74) is 4.07. The van der Waals surface area contributed by atoms with E-state index >= 15 is 0 Å². The Balaban J connectivity index is 1.83. The van der Waals surface area contributed by atoms with Crippen LogP contribution in [0.3, 0.4) is 0 Å². The van der Waals surface area contributed by atoms with Crippen LogP contribution >= 0.6 is 0 Å². The van der Waals surface area contributed by atoms with Crippen molar-refractivity contribution in [3.8, 4) is 11.1 Å². The van der Waals surface area contributed by atoms with Crippen LogP contribution in [-0.4, -0.2) is 57.7 Å². The Morgan fingerprint density at radius 1 is 1.10 bits per heavy atom. The summed E-state index contributed by atoms with van der Waals surface area (Å²) in [5, 5.41) is -0.452. The molecule has 3 rings (SSSR count). The molecule has 0 unspecified atom stereocenters. The number of nitrogens with one attached hydrogen (secondary N) is 1. The molecular formula is C23H31N3O3S. The first-order valence-corrected chi connectivity index (χ1v) is 11.8. The van der Waals surface area contributed by atoms with Crippen molar-refractivity contribution in [3.63, 3.8) is 0 Å². The van der Waals surface area contributed by atoms with Crippen molar-refractivity contribution in [1.82, 2.24) is 9.62 Å². The number of sulfonamides is 1. The summed E-state index contributed by atoms with van der Waals surface area (Å²) in [6.45, 7) is 6.44. The van der Waals surface area contributed by atoms with Gasteiger partial charge in [0.2, 0.25) is 15.9 Å². The molecule has 1 aliphatic heterocycles. The first-order chi connectivity index (χ1) is 14.1. The van der Waals surface area contributed by atoms with Crippen LogP contribution in [0, 0.1) is 0 Å². The molecule has 0 spiro atoms. The number of carbonyl (C=O) groups excluding carboxylic acids is 1. The molecule has 7 heteroatoms. The SMILES string of the molecule is CC(=O)N(C)c1cccc(-c2ccc([C@@H]3CN(C)C[C@H]3NS(=O)(=O)C(C)C)cc2)c1. The van der Waals surface area contributed by atoms with E-state index in [4.69, 9.17) is 0 Å². The van der Waals surface area contributed by atoms with Crippen molar-refractivity contribution in [3.05, 3.63) is 54.1 Å². The lowest BCUT2D eigenvalue weighted by Gasteiger charge is -2.22. The summed E-state index contributed by atoms with van der Waals surface area (Å²) in [7, 11) is 0.453. The van der Waals surface area contributed by atoms with Gasteiger partial charge in [-0.1, -0.05) is 36.4 Å². The monoisotopic (exact) mass is 429 g/mol. The minimum absolute atomic E-state index is 0.0113. The van der Waals surface area contributed by atoms with E-state index in [0.717, 1.165) is 28.9 Å². The second-order valence-electron chi connectivity index (χ2n) is 8.40. The highest BCUT2D eigenvalue weighted by Crippen LogP contribution is 2.30. The van der Waals surface area contributed by atoms with Crippen LogP contribution < -0.4 is 9.62 Å². The van der Waals surface area contributed by atoms with Crippen LogP contribution in [0.25, 0.3) is 11.1 Å². The summed E-state index contributed by atoms with van der Waals surface area (Å²) in [6.07, 6.45) is 0. The van der Waals surface area contributed by atoms with Gasteiger partial charge in [-0.15, -0.1) is 0 Å². The topological polar surface area (TPSA) is 69.7 Å². The highest BCUT2D eigenvalue weighted by Gasteiger charge is 2.35. The van der Waals surface area contributed by atoms with E-state index in [1.54, 1.807) is 32.7 Å². The number of amides is 1. The third kappa shape index (κ3) is 4.91. The normalized spacial score (nSPS) is 19.9. The molecule has 2 atom stereocenters. The van der Waals surface area contributed by atoms with Gasteiger partial charge in [-0.05, 0) is 49.7 Å². The lowest BCUT2D eigenvalue weighted by atomic mass is 9.93. The molecule has 1 aliphatic rings. The smallest absolute Gasteiger partial charge is 0.223 e. The Labute approximate surface area is 179 Å². The summed E-state index contributed by atoms with van der Waals surface area (Å²) >= 11 is 0. The minimum atomic E-state index is -3.33. The van der Waals surface area contributed by atoms with E-state index in [0.29, 0.717) is 6.54 Å². The van der Waals surface area contributed by atoms with Gasteiger partial charge in [-0.3, -0.25) is 4.79 Å². The largest absolute Gasteiger partial charge is 0.316 e. The lowest BCUT2D eigenvalue weighted by molar-refractivity contribution is -0.116. The number of benzene rings is 2. The Morgan fingerprint density at radius 3 is 2.37 bits per heavy atom. The van der Waals surface area contributed by atoms with E-state index in [1.165, 1.54) is 0 Å². The van der Waals surface area contributed by atoms with E-state index in [1.807, 2.05) is 31.3 Å². The molecule has 0 saturated carbocycles. The van der Waals surface area contributed by atoms with Crippen molar-refractivity contribution in [2.24, 2.45) is 0 Å². The van der Waals surface area contributed by atoms with Gasteiger partial charge in [0, 0.05) is 44.7 Å². The molecule has 1 fully saturated rings. The molecule has 30 heavy (non-hydrogen) atoms. The lowest BCUT2D eigenvalue weighted by Crippen LogP contribution is -2.42. The Bertz CT molecular complexity index is 1000. The van der Waals surface area contributed by atoms with Crippen molar-refractivity contribution in [1.29, 1.82) is 0 Å². The highest BCUT2D eigenvalue weighted by molar-refractivity contribution is 7.90. The van der Waals surface area contributed by atoms with Gasteiger partial charge < -0.3 is 9.80 Å². The fourth-order valence-electron chi connectivity index (χ4n) is 3.80. The van der Waals surface area contributed by atoms with Crippen molar-refractivity contribution >= 4 is 21.6 Å². The van der Waals surface area contributed by atoms with E-state index in [-0.39, 0.29) is 17.9 Å². The third-order valence-electron chi connectivity index (χ3n) is 5.82. The van der Waals surface area contributed by atoms with Crippen LogP contribution in [0.5, 0.6) is 0 Å². The Hall–Kier alpha value is -2.22. The molecule has 1 N–H and O–H groups in total. The Morgan fingerprint density at radius 2 is 1.77 bits per heavy atom. The maximum Gasteiger partial charge on any atom is 0.223 e. The standard InChI is InChI=1S/C23H31N3O3S/c1-16(2)30(28,29)24-23-15-25(4)14-22(23)19-11-9-18(10-12-19)20-7-6-8-21(13-20)26(5)17(3)27/h6-13,16,22-24H,14-15H2,1-5H3/t22-,23+/m0/s1. The number of carbonyl (C=O) groups is 1. The summed E-state index contributed by atoms with van der Waals surface area (Å²) in [4.78, 5) is 15.4. The maximum absolute atomic E-state index is 12.4. The third-order valence-corrected chi connectivity index (χ3v) is 7.69. The molecule has 2 aromatic rings. The van der Waals surface area contributed by atoms with Gasteiger partial charge in [-0.2, -0.15) is 0 Å². The van der Waals surface area contributed by atoms with Gasteiger partial charge in [0.15, 0.2) is 0 Å². The van der Waals surface area contributed by atoms with E-state index < -0.39 is 15.3 Å². The number of likely N-dealkylation sites (tertiary alicyclic amines) is 1. The maximum atomic E-state index is 12.4. The van der Waals surface area contributed by atoms with Gasteiger partial charge >= 0.3 is 0 Å².